The molecular weight excluding hydrogens is 274 g/mol. The standard InChI is InChI=1S/C15H23NO3S/c1-11-6-12(2)8-14(7-11)16-20(18,19)15-5-3-4-13(9-15)10-17/h3-5,9,11-12,14,16-17H,6-8,10H2,1-2H3. The number of aliphatic hydroxyl groups is 1. The summed E-state index contributed by atoms with van der Waals surface area (Å²) in [6, 6.07) is 6.47. The van der Waals surface area contributed by atoms with Crippen LogP contribution in [0.3, 0.4) is 0 Å². The fourth-order valence-electron chi connectivity index (χ4n) is 3.14. The summed E-state index contributed by atoms with van der Waals surface area (Å²) in [7, 11) is -3.50. The number of benzene rings is 1. The Balaban J connectivity index is 2.14. The third-order valence-corrected chi connectivity index (χ3v) is 5.41. The summed E-state index contributed by atoms with van der Waals surface area (Å²) in [6.07, 6.45) is 2.95. The number of nitrogens with one attached hydrogen (secondary N) is 1. The third kappa shape index (κ3) is 3.81. The summed E-state index contributed by atoms with van der Waals surface area (Å²) in [5, 5.41) is 9.10. The highest BCUT2D eigenvalue weighted by molar-refractivity contribution is 7.89. The van der Waals surface area contributed by atoms with Crippen molar-refractivity contribution in [3.63, 3.8) is 0 Å². The maximum absolute atomic E-state index is 12.4. The molecule has 0 aliphatic heterocycles. The molecule has 0 spiro atoms. The fraction of sp³-hybridized carbons (Fsp3) is 0.600. The monoisotopic (exact) mass is 297 g/mol. The van der Waals surface area contributed by atoms with Crippen molar-refractivity contribution in [2.75, 3.05) is 0 Å². The normalized spacial score (nSPS) is 27.4. The van der Waals surface area contributed by atoms with Crippen molar-refractivity contribution in [1.29, 1.82) is 0 Å². The average Bonchev–Trinajstić information content (AvgIpc) is 2.37. The largest absolute Gasteiger partial charge is 0.392 e. The van der Waals surface area contributed by atoms with Crippen LogP contribution in [0.5, 0.6) is 0 Å². The van der Waals surface area contributed by atoms with Crippen molar-refractivity contribution in [2.24, 2.45) is 11.8 Å². The van der Waals surface area contributed by atoms with Gasteiger partial charge in [0.05, 0.1) is 11.5 Å². The van der Waals surface area contributed by atoms with Gasteiger partial charge in [-0.3, -0.25) is 0 Å². The zero-order chi connectivity index (χ0) is 14.8. The number of rotatable bonds is 4. The van der Waals surface area contributed by atoms with E-state index in [-0.39, 0.29) is 17.5 Å². The van der Waals surface area contributed by atoms with E-state index >= 15 is 0 Å². The molecule has 5 heteroatoms. The first-order chi connectivity index (χ1) is 9.40. The summed E-state index contributed by atoms with van der Waals surface area (Å²) in [5.41, 5.74) is 0.609. The van der Waals surface area contributed by atoms with Gasteiger partial charge in [0, 0.05) is 6.04 Å². The van der Waals surface area contributed by atoms with E-state index in [1.54, 1.807) is 18.2 Å². The molecule has 1 aliphatic carbocycles. The van der Waals surface area contributed by atoms with Crippen LogP contribution in [0.25, 0.3) is 0 Å². The molecule has 1 aliphatic rings. The molecule has 112 valence electrons. The molecule has 0 radical (unpaired) electrons. The van der Waals surface area contributed by atoms with Gasteiger partial charge in [0.25, 0.3) is 0 Å². The quantitative estimate of drug-likeness (QED) is 0.896. The molecule has 20 heavy (non-hydrogen) atoms. The lowest BCUT2D eigenvalue weighted by Crippen LogP contribution is -2.40. The molecule has 1 aromatic rings. The van der Waals surface area contributed by atoms with Crippen LogP contribution < -0.4 is 4.72 Å². The molecule has 2 atom stereocenters. The van der Waals surface area contributed by atoms with Crippen LogP contribution in [0, 0.1) is 11.8 Å². The Kier molecular flexibility index (Phi) is 4.83. The first-order valence-electron chi connectivity index (χ1n) is 7.13. The predicted molar refractivity (Wildman–Crippen MR) is 78.7 cm³/mol. The fourth-order valence-corrected chi connectivity index (χ4v) is 4.47. The Morgan fingerprint density at radius 1 is 1.20 bits per heavy atom. The first kappa shape index (κ1) is 15.5. The zero-order valence-corrected chi connectivity index (χ0v) is 12.9. The maximum Gasteiger partial charge on any atom is 0.240 e. The molecule has 1 aromatic carbocycles. The number of sulfonamides is 1. The smallest absolute Gasteiger partial charge is 0.240 e. The highest BCUT2D eigenvalue weighted by Gasteiger charge is 2.27. The van der Waals surface area contributed by atoms with Gasteiger partial charge >= 0.3 is 0 Å². The van der Waals surface area contributed by atoms with Gasteiger partial charge in [0.2, 0.25) is 10.0 Å². The van der Waals surface area contributed by atoms with Gasteiger partial charge in [0.1, 0.15) is 0 Å². The second-order valence-electron chi connectivity index (χ2n) is 6.04. The van der Waals surface area contributed by atoms with Crippen LogP contribution in [-0.2, 0) is 16.6 Å². The molecule has 4 nitrogen and oxygen atoms in total. The van der Waals surface area contributed by atoms with Crippen LogP contribution in [-0.4, -0.2) is 19.6 Å². The van der Waals surface area contributed by atoms with Crippen LogP contribution in [0.15, 0.2) is 29.2 Å². The minimum absolute atomic E-state index is 0.0107. The van der Waals surface area contributed by atoms with Crippen LogP contribution in [0.4, 0.5) is 0 Å². The summed E-state index contributed by atoms with van der Waals surface area (Å²) < 4.78 is 27.6. The zero-order valence-electron chi connectivity index (χ0n) is 12.0. The minimum Gasteiger partial charge on any atom is -0.392 e. The number of aliphatic hydroxyl groups excluding tert-OH is 1. The van der Waals surface area contributed by atoms with E-state index in [4.69, 9.17) is 5.11 Å². The number of hydrogen-bond acceptors (Lipinski definition) is 3. The Hall–Kier alpha value is -0.910. The lowest BCUT2D eigenvalue weighted by molar-refractivity contribution is 0.257. The van der Waals surface area contributed by atoms with E-state index in [1.165, 1.54) is 6.07 Å². The van der Waals surface area contributed by atoms with Gasteiger partial charge in [-0.25, -0.2) is 13.1 Å². The van der Waals surface area contributed by atoms with Gasteiger partial charge in [-0.05, 0) is 48.8 Å². The summed E-state index contributed by atoms with van der Waals surface area (Å²) in [5.74, 6) is 1.10. The van der Waals surface area contributed by atoms with E-state index in [1.807, 2.05) is 0 Å². The minimum atomic E-state index is -3.50. The van der Waals surface area contributed by atoms with Gasteiger partial charge in [-0.15, -0.1) is 0 Å². The van der Waals surface area contributed by atoms with E-state index < -0.39 is 10.0 Å². The third-order valence-electron chi connectivity index (χ3n) is 3.89. The molecule has 2 rings (SSSR count). The average molecular weight is 297 g/mol. The van der Waals surface area contributed by atoms with Crippen molar-refractivity contribution in [3.8, 4) is 0 Å². The van der Waals surface area contributed by atoms with E-state index in [2.05, 4.69) is 18.6 Å². The molecule has 0 aromatic heterocycles. The van der Waals surface area contributed by atoms with Gasteiger partial charge in [0.15, 0.2) is 0 Å². The van der Waals surface area contributed by atoms with Gasteiger partial charge < -0.3 is 5.11 Å². The van der Waals surface area contributed by atoms with E-state index in [0.29, 0.717) is 17.4 Å². The first-order valence-corrected chi connectivity index (χ1v) is 8.61. The van der Waals surface area contributed by atoms with Crippen LogP contribution in [0.2, 0.25) is 0 Å². The Bertz CT molecular complexity index is 546. The SMILES string of the molecule is CC1CC(C)CC(NS(=O)(=O)c2cccc(CO)c2)C1. The van der Waals surface area contributed by atoms with Gasteiger partial charge in [-0.1, -0.05) is 26.0 Å². The molecule has 0 bridgehead atoms. The van der Waals surface area contributed by atoms with Crippen molar-refractivity contribution >= 4 is 10.0 Å². The molecule has 0 amide bonds. The van der Waals surface area contributed by atoms with Crippen molar-refractivity contribution in [3.05, 3.63) is 29.8 Å². The molecule has 1 fully saturated rings. The van der Waals surface area contributed by atoms with Gasteiger partial charge in [-0.2, -0.15) is 0 Å². The summed E-state index contributed by atoms with van der Waals surface area (Å²) >= 11 is 0. The van der Waals surface area contributed by atoms with E-state index in [0.717, 1.165) is 19.3 Å². The lowest BCUT2D eigenvalue weighted by atomic mass is 9.81. The van der Waals surface area contributed by atoms with E-state index in [9.17, 15) is 8.42 Å². The number of hydrogen-bond donors (Lipinski definition) is 2. The molecule has 1 saturated carbocycles. The Morgan fingerprint density at radius 3 is 2.45 bits per heavy atom. The lowest BCUT2D eigenvalue weighted by Gasteiger charge is -2.31. The van der Waals surface area contributed by atoms with Crippen LogP contribution in [0.1, 0.15) is 38.7 Å². The second kappa shape index (κ2) is 6.24. The topological polar surface area (TPSA) is 66.4 Å². The molecular formula is C15H23NO3S. The Labute approximate surface area is 121 Å². The molecule has 0 heterocycles. The highest BCUT2D eigenvalue weighted by atomic mass is 32.2. The van der Waals surface area contributed by atoms with Crippen molar-refractivity contribution < 1.29 is 13.5 Å². The maximum atomic E-state index is 12.4. The Morgan fingerprint density at radius 2 is 1.85 bits per heavy atom. The predicted octanol–water partition coefficient (Wildman–Crippen LogP) is 2.28. The molecule has 0 saturated heterocycles. The van der Waals surface area contributed by atoms with Crippen molar-refractivity contribution in [2.45, 2.75) is 50.7 Å². The highest BCUT2D eigenvalue weighted by Crippen LogP contribution is 2.29. The molecule has 2 N–H and O–H groups in total. The summed E-state index contributed by atoms with van der Waals surface area (Å²) in [4.78, 5) is 0.231. The summed E-state index contributed by atoms with van der Waals surface area (Å²) in [6.45, 7) is 4.19. The second-order valence-corrected chi connectivity index (χ2v) is 7.76. The molecule has 2 unspecified atom stereocenters. The van der Waals surface area contributed by atoms with Crippen molar-refractivity contribution in [1.82, 2.24) is 4.72 Å². The van der Waals surface area contributed by atoms with Crippen LogP contribution >= 0.6 is 0 Å².